The number of guanidine groups is 1. The molecule has 2 N–H and O–H groups in total. The van der Waals surface area contributed by atoms with E-state index < -0.39 is 0 Å². The number of benzene rings is 2. The maximum absolute atomic E-state index is 14.0. The molecule has 2 rings (SSSR count). The summed E-state index contributed by atoms with van der Waals surface area (Å²) >= 11 is 0. The van der Waals surface area contributed by atoms with E-state index in [1.54, 1.807) is 24.1 Å². The summed E-state index contributed by atoms with van der Waals surface area (Å²) in [5.41, 5.74) is 3.92. The molecule has 0 amide bonds. The summed E-state index contributed by atoms with van der Waals surface area (Å²) in [5.74, 6) is 0.470. The van der Waals surface area contributed by atoms with Gasteiger partial charge in [-0.3, -0.25) is 4.99 Å². The molecule has 0 bridgehead atoms. The third kappa shape index (κ3) is 4.72. The molecule has 0 aromatic heterocycles. The van der Waals surface area contributed by atoms with Gasteiger partial charge in [-0.05, 0) is 35.7 Å². The molecule has 0 aliphatic carbocycles. The molecule has 0 aliphatic heterocycles. The Morgan fingerprint density at radius 2 is 1.79 bits per heavy atom. The van der Waals surface area contributed by atoms with E-state index >= 15 is 0 Å². The van der Waals surface area contributed by atoms with Crippen LogP contribution in [0.25, 0.3) is 0 Å². The van der Waals surface area contributed by atoms with E-state index in [1.807, 2.05) is 32.3 Å². The highest BCUT2D eigenvalue weighted by Crippen LogP contribution is 2.18. The van der Waals surface area contributed by atoms with E-state index in [9.17, 15) is 4.39 Å². The van der Waals surface area contributed by atoms with Crippen LogP contribution in [0.3, 0.4) is 0 Å². The summed E-state index contributed by atoms with van der Waals surface area (Å²) in [4.78, 5) is 5.97. The fourth-order valence-corrected chi connectivity index (χ4v) is 2.42. The molecule has 24 heavy (non-hydrogen) atoms. The molecule has 2 aromatic rings. The SMILES string of the molecule is CN=C(NCc1ccc(N(C)C)c(F)c1)NCc1ccccc1C. The lowest BCUT2D eigenvalue weighted by atomic mass is 10.1. The molecule has 0 aliphatic rings. The molecule has 2 aromatic carbocycles. The van der Waals surface area contributed by atoms with Crippen molar-refractivity contribution in [1.29, 1.82) is 0 Å². The van der Waals surface area contributed by atoms with Crippen molar-refractivity contribution in [1.82, 2.24) is 10.6 Å². The van der Waals surface area contributed by atoms with E-state index in [0.29, 0.717) is 24.7 Å². The molecule has 0 heterocycles. The second-order valence-electron chi connectivity index (χ2n) is 5.89. The minimum absolute atomic E-state index is 0.220. The van der Waals surface area contributed by atoms with E-state index in [2.05, 4.69) is 34.7 Å². The third-order valence-electron chi connectivity index (χ3n) is 3.89. The van der Waals surface area contributed by atoms with Crippen LogP contribution in [0.2, 0.25) is 0 Å². The number of anilines is 1. The molecule has 128 valence electrons. The Balaban J connectivity index is 1.92. The van der Waals surface area contributed by atoms with Crippen molar-refractivity contribution in [2.75, 3.05) is 26.0 Å². The predicted octanol–water partition coefficient (Wildman–Crippen LogP) is 3.07. The van der Waals surface area contributed by atoms with Gasteiger partial charge in [-0.1, -0.05) is 30.3 Å². The lowest BCUT2D eigenvalue weighted by Gasteiger charge is -2.16. The maximum Gasteiger partial charge on any atom is 0.191 e. The quantitative estimate of drug-likeness (QED) is 0.654. The summed E-state index contributed by atoms with van der Waals surface area (Å²) in [6.45, 7) is 3.29. The van der Waals surface area contributed by atoms with Crippen LogP contribution in [0, 0.1) is 12.7 Å². The van der Waals surface area contributed by atoms with Crippen LogP contribution in [0.15, 0.2) is 47.5 Å². The van der Waals surface area contributed by atoms with Gasteiger partial charge in [0, 0.05) is 34.2 Å². The number of aryl methyl sites for hydroxylation is 1. The van der Waals surface area contributed by atoms with E-state index in [0.717, 1.165) is 5.56 Å². The van der Waals surface area contributed by atoms with Crippen molar-refractivity contribution in [2.24, 2.45) is 4.99 Å². The first kappa shape index (κ1) is 17.8. The zero-order valence-corrected chi connectivity index (χ0v) is 14.7. The average Bonchev–Trinajstić information content (AvgIpc) is 2.56. The maximum atomic E-state index is 14.0. The first-order valence-electron chi connectivity index (χ1n) is 7.96. The number of aliphatic imine (C=N–C) groups is 1. The fourth-order valence-electron chi connectivity index (χ4n) is 2.42. The molecule has 0 saturated heterocycles. The zero-order valence-electron chi connectivity index (χ0n) is 14.7. The second-order valence-corrected chi connectivity index (χ2v) is 5.89. The normalized spacial score (nSPS) is 11.3. The number of rotatable bonds is 5. The van der Waals surface area contributed by atoms with Crippen molar-refractivity contribution in [3.05, 3.63) is 65.0 Å². The third-order valence-corrected chi connectivity index (χ3v) is 3.89. The number of nitrogens with one attached hydrogen (secondary N) is 2. The topological polar surface area (TPSA) is 39.7 Å². The van der Waals surface area contributed by atoms with Gasteiger partial charge in [-0.15, -0.1) is 0 Å². The van der Waals surface area contributed by atoms with Crippen LogP contribution in [0.5, 0.6) is 0 Å². The molecule has 0 saturated carbocycles. The Kier molecular flexibility index (Phi) is 6.18. The summed E-state index contributed by atoms with van der Waals surface area (Å²) in [5, 5.41) is 6.49. The monoisotopic (exact) mass is 328 g/mol. The van der Waals surface area contributed by atoms with Crippen molar-refractivity contribution in [2.45, 2.75) is 20.0 Å². The van der Waals surface area contributed by atoms with Gasteiger partial charge in [0.05, 0.1) is 5.69 Å². The van der Waals surface area contributed by atoms with Crippen molar-refractivity contribution in [3.63, 3.8) is 0 Å². The van der Waals surface area contributed by atoms with Gasteiger partial charge in [-0.25, -0.2) is 4.39 Å². The summed E-state index contributed by atoms with van der Waals surface area (Å²) in [6.07, 6.45) is 0. The molecular formula is C19H25FN4. The van der Waals surface area contributed by atoms with Gasteiger partial charge in [0.25, 0.3) is 0 Å². The highest BCUT2D eigenvalue weighted by Gasteiger charge is 2.06. The Bertz CT molecular complexity index is 710. The number of nitrogens with zero attached hydrogens (tertiary/aromatic N) is 2. The van der Waals surface area contributed by atoms with Crippen LogP contribution in [-0.2, 0) is 13.1 Å². The van der Waals surface area contributed by atoms with Crippen molar-refractivity contribution < 1.29 is 4.39 Å². The lowest BCUT2D eigenvalue weighted by molar-refractivity contribution is 0.623. The standard InChI is InChI=1S/C19H25FN4/c1-14-7-5-6-8-16(14)13-23-19(21-2)22-12-15-9-10-18(24(3)4)17(20)11-15/h5-11H,12-13H2,1-4H3,(H2,21,22,23). The Morgan fingerprint density at radius 1 is 1.08 bits per heavy atom. The van der Waals surface area contributed by atoms with Gasteiger partial charge < -0.3 is 15.5 Å². The van der Waals surface area contributed by atoms with Gasteiger partial charge >= 0.3 is 0 Å². The second kappa shape index (κ2) is 8.34. The number of hydrogen-bond donors (Lipinski definition) is 2. The molecule has 0 radical (unpaired) electrons. The Morgan fingerprint density at radius 3 is 2.42 bits per heavy atom. The minimum atomic E-state index is -0.220. The average molecular weight is 328 g/mol. The van der Waals surface area contributed by atoms with Crippen molar-refractivity contribution in [3.8, 4) is 0 Å². The Labute approximate surface area is 143 Å². The van der Waals surface area contributed by atoms with Gasteiger partial charge in [0.2, 0.25) is 0 Å². The smallest absolute Gasteiger partial charge is 0.191 e. The summed E-state index contributed by atoms with van der Waals surface area (Å²) < 4.78 is 14.0. The van der Waals surface area contributed by atoms with Crippen LogP contribution < -0.4 is 15.5 Å². The van der Waals surface area contributed by atoms with E-state index in [-0.39, 0.29) is 5.82 Å². The molecule has 0 atom stereocenters. The number of halogens is 1. The molecular weight excluding hydrogens is 303 g/mol. The molecule has 0 spiro atoms. The van der Waals surface area contributed by atoms with E-state index in [4.69, 9.17) is 0 Å². The minimum Gasteiger partial charge on any atom is -0.375 e. The molecule has 0 fully saturated rings. The summed E-state index contributed by atoms with van der Waals surface area (Å²) in [6, 6.07) is 13.5. The van der Waals surface area contributed by atoms with Crippen molar-refractivity contribution >= 4 is 11.6 Å². The lowest BCUT2D eigenvalue weighted by Crippen LogP contribution is -2.36. The fraction of sp³-hybridized carbons (Fsp3) is 0.316. The van der Waals surface area contributed by atoms with Gasteiger partial charge in [0.15, 0.2) is 5.96 Å². The number of hydrogen-bond acceptors (Lipinski definition) is 2. The molecule has 5 heteroatoms. The first-order valence-corrected chi connectivity index (χ1v) is 7.96. The van der Waals surface area contributed by atoms with Crippen LogP contribution in [0.1, 0.15) is 16.7 Å². The van der Waals surface area contributed by atoms with E-state index in [1.165, 1.54) is 11.1 Å². The van der Waals surface area contributed by atoms with Crippen LogP contribution in [0.4, 0.5) is 10.1 Å². The summed E-state index contributed by atoms with van der Waals surface area (Å²) in [7, 11) is 5.38. The predicted molar refractivity (Wildman–Crippen MR) is 98.9 cm³/mol. The van der Waals surface area contributed by atoms with Gasteiger partial charge in [0.1, 0.15) is 5.82 Å². The van der Waals surface area contributed by atoms with Crippen LogP contribution in [-0.4, -0.2) is 27.1 Å². The zero-order chi connectivity index (χ0) is 17.5. The van der Waals surface area contributed by atoms with Crippen LogP contribution >= 0.6 is 0 Å². The molecule has 0 unspecified atom stereocenters. The Hall–Kier alpha value is -2.56. The highest BCUT2D eigenvalue weighted by molar-refractivity contribution is 5.79. The first-order chi connectivity index (χ1) is 11.5. The highest BCUT2D eigenvalue weighted by atomic mass is 19.1. The largest absolute Gasteiger partial charge is 0.375 e. The molecule has 4 nitrogen and oxygen atoms in total. The van der Waals surface area contributed by atoms with Gasteiger partial charge in [-0.2, -0.15) is 0 Å².